The zero-order valence-corrected chi connectivity index (χ0v) is 9.44. The molecule has 16 heavy (non-hydrogen) atoms. The largest absolute Gasteiger partial charge is 0.447 e. The predicted octanol–water partition coefficient (Wildman–Crippen LogP) is 2.32. The standard InChI is InChI=1S/C13H16N2O/c1-11-4-2-3-5-12(11)6-7-14-8-13-9-15-10-16-13/h2-5,9-10,14H,6-8H2,1H3. The zero-order valence-electron chi connectivity index (χ0n) is 9.44. The van der Waals surface area contributed by atoms with Crippen molar-refractivity contribution >= 4 is 0 Å². The van der Waals surface area contributed by atoms with Gasteiger partial charge in [0.25, 0.3) is 0 Å². The van der Waals surface area contributed by atoms with E-state index in [0.717, 1.165) is 25.3 Å². The summed E-state index contributed by atoms with van der Waals surface area (Å²) < 4.78 is 5.14. The lowest BCUT2D eigenvalue weighted by Gasteiger charge is -2.05. The van der Waals surface area contributed by atoms with Crippen molar-refractivity contribution in [3.8, 4) is 0 Å². The van der Waals surface area contributed by atoms with Crippen LogP contribution in [0.15, 0.2) is 41.3 Å². The van der Waals surface area contributed by atoms with Crippen molar-refractivity contribution in [2.75, 3.05) is 6.54 Å². The van der Waals surface area contributed by atoms with Crippen molar-refractivity contribution in [2.24, 2.45) is 0 Å². The SMILES string of the molecule is Cc1ccccc1CCNCc1cnco1. The Morgan fingerprint density at radius 2 is 2.19 bits per heavy atom. The third-order valence-corrected chi connectivity index (χ3v) is 2.62. The molecule has 1 heterocycles. The average Bonchev–Trinajstić information content (AvgIpc) is 2.79. The first kappa shape index (κ1) is 10.9. The van der Waals surface area contributed by atoms with Gasteiger partial charge in [-0.25, -0.2) is 4.98 Å². The maximum atomic E-state index is 5.14. The maximum Gasteiger partial charge on any atom is 0.180 e. The highest BCUT2D eigenvalue weighted by Crippen LogP contribution is 2.06. The summed E-state index contributed by atoms with van der Waals surface area (Å²) in [5.74, 6) is 0.879. The molecule has 1 N–H and O–H groups in total. The van der Waals surface area contributed by atoms with E-state index in [4.69, 9.17) is 4.42 Å². The smallest absolute Gasteiger partial charge is 0.180 e. The second-order valence-electron chi connectivity index (χ2n) is 3.82. The molecule has 3 heteroatoms. The molecule has 0 aliphatic heterocycles. The molecule has 0 spiro atoms. The fraction of sp³-hybridized carbons (Fsp3) is 0.308. The summed E-state index contributed by atoms with van der Waals surface area (Å²) in [4.78, 5) is 3.87. The first-order valence-corrected chi connectivity index (χ1v) is 5.49. The van der Waals surface area contributed by atoms with Gasteiger partial charge in [-0.1, -0.05) is 24.3 Å². The molecule has 0 atom stereocenters. The van der Waals surface area contributed by atoms with Crippen LogP contribution in [0.4, 0.5) is 0 Å². The summed E-state index contributed by atoms with van der Waals surface area (Å²) in [6.45, 7) is 3.84. The molecule has 2 aromatic rings. The lowest BCUT2D eigenvalue weighted by molar-refractivity contribution is 0.480. The first-order valence-electron chi connectivity index (χ1n) is 5.49. The molecular formula is C13H16N2O. The molecule has 0 saturated heterocycles. The van der Waals surface area contributed by atoms with E-state index in [1.54, 1.807) is 6.20 Å². The molecule has 1 aromatic heterocycles. The highest BCUT2D eigenvalue weighted by Gasteiger charge is 1.98. The van der Waals surface area contributed by atoms with Crippen molar-refractivity contribution in [3.05, 3.63) is 53.7 Å². The van der Waals surface area contributed by atoms with Gasteiger partial charge in [0.05, 0.1) is 12.7 Å². The molecule has 3 nitrogen and oxygen atoms in total. The minimum Gasteiger partial charge on any atom is -0.447 e. The fourth-order valence-electron chi connectivity index (χ4n) is 1.65. The Morgan fingerprint density at radius 1 is 1.31 bits per heavy atom. The Hall–Kier alpha value is -1.61. The monoisotopic (exact) mass is 216 g/mol. The molecule has 0 amide bonds. The molecule has 0 fully saturated rings. The van der Waals surface area contributed by atoms with Crippen molar-refractivity contribution < 1.29 is 4.42 Å². The third-order valence-electron chi connectivity index (χ3n) is 2.62. The zero-order chi connectivity index (χ0) is 11.2. The summed E-state index contributed by atoms with van der Waals surface area (Å²) in [7, 11) is 0. The normalized spacial score (nSPS) is 10.6. The Balaban J connectivity index is 1.74. The topological polar surface area (TPSA) is 38.1 Å². The molecule has 0 radical (unpaired) electrons. The maximum absolute atomic E-state index is 5.14. The number of aryl methyl sites for hydroxylation is 1. The van der Waals surface area contributed by atoms with E-state index in [1.165, 1.54) is 17.5 Å². The van der Waals surface area contributed by atoms with Crippen LogP contribution in [0.2, 0.25) is 0 Å². The number of oxazole rings is 1. The van der Waals surface area contributed by atoms with Crippen LogP contribution >= 0.6 is 0 Å². The fourth-order valence-corrected chi connectivity index (χ4v) is 1.65. The van der Waals surface area contributed by atoms with Crippen LogP contribution in [0.3, 0.4) is 0 Å². The van der Waals surface area contributed by atoms with Crippen LogP contribution < -0.4 is 5.32 Å². The number of nitrogens with zero attached hydrogens (tertiary/aromatic N) is 1. The molecule has 84 valence electrons. The van der Waals surface area contributed by atoms with Crippen LogP contribution in [0.1, 0.15) is 16.9 Å². The Kier molecular flexibility index (Phi) is 3.72. The van der Waals surface area contributed by atoms with Crippen molar-refractivity contribution in [3.63, 3.8) is 0 Å². The van der Waals surface area contributed by atoms with Gasteiger partial charge in [0, 0.05) is 0 Å². The lowest BCUT2D eigenvalue weighted by Crippen LogP contribution is -2.16. The van der Waals surface area contributed by atoms with E-state index in [1.807, 2.05) is 0 Å². The van der Waals surface area contributed by atoms with Crippen LogP contribution in [0.25, 0.3) is 0 Å². The number of hydrogen-bond acceptors (Lipinski definition) is 3. The number of hydrogen-bond donors (Lipinski definition) is 1. The van der Waals surface area contributed by atoms with E-state index >= 15 is 0 Å². The third kappa shape index (κ3) is 2.94. The summed E-state index contributed by atoms with van der Waals surface area (Å²) in [6.07, 6.45) is 4.24. The van der Waals surface area contributed by atoms with E-state index in [9.17, 15) is 0 Å². The van der Waals surface area contributed by atoms with Crippen molar-refractivity contribution in [1.29, 1.82) is 0 Å². The molecule has 0 aliphatic carbocycles. The minimum absolute atomic E-state index is 0.742. The van der Waals surface area contributed by atoms with E-state index in [2.05, 4.69) is 41.5 Å². The van der Waals surface area contributed by atoms with Crippen LogP contribution in [-0.4, -0.2) is 11.5 Å². The van der Waals surface area contributed by atoms with Gasteiger partial charge in [0.15, 0.2) is 6.39 Å². The Morgan fingerprint density at radius 3 is 2.94 bits per heavy atom. The highest BCUT2D eigenvalue weighted by atomic mass is 16.3. The van der Waals surface area contributed by atoms with E-state index in [0.29, 0.717) is 0 Å². The molecule has 0 unspecified atom stereocenters. The molecule has 0 aliphatic rings. The molecule has 2 rings (SSSR count). The van der Waals surface area contributed by atoms with Crippen LogP contribution in [0, 0.1) is 6.92 Å². The van der Waals surface area contributed by atoms with Gasteiger partial charge < -0.3 is 9.73 Å². The molecular weight excluding hydrogens is 200 g/mol. The van der Waals surface area contributed by atoms with Gasteiger partial charge in [-0.05, 0) is 31.0 Å². The van der Waals surface area contributed by atoms with Gasteiger partial charge in [-0.2, -0.15) is 0 Å². The first-order chi connectivity index (χ1) is 7.86. The van der Waals surface area contributed by atoms with Gasteiger partial charge >= 0.3 is 0 Å². The van der Waals surface area contributed by atoms with Gasteiger partial charge in [-0.3, -0.25) is 0 Å². The summed E-state index contributed by atoms with van der Waals surface area (Å²) in [5, 5.41) is 3.33. The van der Waals surface area contributed by atoms with E-state index < -0.39 is 0 Å². The minimum atomic E-state index is 0.742. The van der Waals surface area contributed by atoms with Crippen molar-refractivity contribution in [2.45, 2.75) is 19.9 Å². The second kappa shape index (κ2) is 5.47. The number of nitrogens with one attached hydrogen (secondary N) is 1. The highest BCUT2D eigenvalue weighted by molar-refractivity contribution is 5.25. The number of benzene rings is 1. The van der Waals surface area contributed by atoms with Gasteiger partial charge in [0.2, 0.25) is 0 Å². The van der Waals surface area contributed by atoms with Gasteiger partial charge in [0.1, 0.15) is 5.76 Å². The summed E-state index contributed by atoms with van der Waals surface area (Å²) in [6, 6.07) is 8.47. The second-order valence-corrected chi connectivity index (χ2v) is 3.82. The predicted molar refractivity (Wildman–Crippen MR) is 63.1 cm³/mol. The van der Waals surface area contributed by atoms with Crippen LogP contribution in [0.5, 0.6) is 0 Å². The van der Waals surface area contributed by atoms with Gasteiger partial charge in [-0.15, -0.1) is 0 Å². The van der Waals surface area contributed by atoms with Crippen molar-refractivity contribution in [1.82, 2.24) is 10.3 Å². The summed E-state index contributed by atoms with van der Waals surface area (Å²) in [5.41, 5.74) is 2.75. The van der Waals surface area contributed by atoms with E-state index in [-0.39, 0.29) is 0 Å². The average molecular weight is 216 g/mol. The number of aromatic nitrogens is 1. The molecule has 0 saturated carbocycles. The Bertz CT molecular complexity index is 423. The van der Waals surface area contributed by atoms with Crippen LogP contribution in [-0.2, 0) is 13.0 Å². The molecule has 0 bridgehead atoms. The quantitative estimate of drug-likeness (QED) is 0.779. The molecule has 1 aromatic carbocycles. The summed E-state index contributed by atoms with van der Waals surface area (Å²) >= 11 is 0. The Labute approximate surface area is 95.5 Å². The lowest BCUT2D eigenvalue weighted by atomic mass is 10.1. The number of rotatable bonds is 5.